The van der Waals surface area contributed by atoms with E-state index >= 15 is 0 Å². The molecule has 0 saturated carbocycles. The summed E-state index contributed by atoms with van der Waals surface area (Å²) in [5.41, 5.74) is 3.26. The highest BCUT2D eigenvalue weighted by molar-refractivity contribution is 5.62. The van der Waals surface area contributed by atoms with Crippen molar-refractivity contribution in [1.29, 1.82) is 0 Å². The molecule has 1 heterocycles. The zero-order chi connectivity index (χ0) is 16.2. The van der Waals surface area contributed by atoms with E-state index in [0.717, 1.165) is 19.6 Å². The number of allylic oxidation sites excluding steroid dienone is 3. The number of nitrogens with zero attached hydrogens (tertiary/aromatic N) is 2. The Morgan fingerprint density at radius 3 is 2.73 bits per heavy atom. The van der Waals surface area contributed by atoms with Gasteiger partial charge < -0.3 is 9.64 Å². The van der Waals surface area contributed by atoms with E-state index in [1.807, 2.05) is 12.1 Å². The third-order valence-corrected chi connectivity index (χ3v) is 3.20. The summed E-state index contributed by atoms with van der Waals surface area (Å²) in [5, 5.41) is 9.31. The van der Waals surface area contributed by atoms with Crippen LogP contribution >= 0.6 is 0 Å². The molecule has 0 amide bonds. The van der Waals surface area contributed by atoms with Gasteiger partial charge in [-0.15, -0.1) is 0 Å². The van der Waals surface area contributed by atoms with Gasteiger partial charge in [0.15, 0.2) is 0 Å². The highest BCUT2D eigenvalue weighted by Gasteiger charge is 2.04. The molecule has 0 radical (unpaired) electrons. The zero-order valence-electron chi connectivity index (χ0n) is 13.3. The van der Waals surface area contributed by atoms with Gasteiger partial charge in [0.1, 0.15) is 12.4 Å². The van der Waals surface area contributed by atoms with Crippen LogP contribution in [0.4, 0.5) is 0 Å². The number of pyridine rings is 1. The lowest BCUT2D eigenvalue weighted by molar-refractivity contribution is 0.171. The summed E-state index contributed by atoms with van der Waals surface area (Å²) < 4.78 is 5.76. The number of ether oxygens (including phenoxy) is 1. The van der Waals surface area contributed by atoms with Crippen molar-refractivity contribution >= 4 is 5.70 Å². The molecule has 0 saturated heterocycles. The Hall–Kier alpha value is -2.11. The molecule has 22 heavy (non-hydrogen) atoms. The average molecular weight is 303 g/mol. The first kappa shape index (κ1) is 17.9. The summed E-state index contributed by atoms with van der Waals surface area (Å²) in [6.07, 6.45) is 6.77. The normalized spacial score (nSPS) is 12.4. The lowest BCUT2D eigenvalue weighted by Gasteiger charge is -2.18. The van der Waals surface area contributed by atoms with E-state index in [-0.39, 0.29) is 0 Å². The van der Waals surface area contributed by atoms with Crippen molar-refractivity contribution in [1.82, 2.24) is 15.4 Å². The van der Waals surface area contributed by atoms with Crippen LogP contribution < -0.4 is 5.48 Å². The Morgan fingerprint density at radius 2 is 2.18 bits per heavy atom. The molecule has 0 bridgehead atoms. The van der Waals surface area contributed by atoms with Crippen molar-refractivity contribution in [3.8, 4) is 0 Å². The second-order valence-electron chi connectivity index (χ2n) is 4.56. The molecular formula is C17H25N3O2. The number of likely N-dealkylation sites (N-methyl/N-ethyl adjacent to an activating group) is 1. The predicted molar refractivity (Wildman–Crippen MR) is 89.2 cm³/mol. The number of nitrogens with one attached hydrogen (secondary N) is 1. The predicted octanol–water partition coefficient (Wildman–Crippen LogP) is 2.83. The largest absolute Gasteiger partial charge is 0.492 e. The summed E-state index contributed by atoms with van der Waals surface area (Å²) in [4.78, 5) is 6.47. The molecular weight excluding hydrogens is 278 g/mol. The van der Waals surface area contributed by atoms with E-state index in [1.165, 1.54) is 0 Å². The quantitative estimate of drug-likeness (QED) is 0.395. The highest BCUT2D eigenvalue weighted by atomic mass is 16.5. The fourth-order valence-electron chi connectivity index (χ4n) is 1.91. The van der Waals surface area contributed by atoms with Crippen LogP contribution in [0, 0.1) is 0 Å². The smallest absolute Gasteiger partial charge is 0.121 e. The monoisotopic (exact) mass is 303 g/mol. The molecule has 0 atom stereocenters. The molecule has 120 valence electrons. The van der Waals surface area contributed by atoms with Crippen LogP contribution in [-0.2, 0) is 4.74 Å². The van der Waals surface area contributed by atoms with Crippen LogP contribution in [0.5, 0.6) is 0 Å². The van der Waals surface area contributed by atoms with Gasteiger partial charge in [0.25, 0.3) is 0 Å². The Morgan fingerprint density at radius 1 is 1.41 bits per heavy atom. The molecule has 0 aliphatic rings. The van der Waals surface area contributed by atoms with E-state index in [0.29, 0.717) is 23.8 Å². The van der Waals surface area contributed by atoms with E-state index in [9.17, 15) is 5.21 Å². The third kappa shape index (κ3) is 6.11. The number of aromatic nitrogens is 1. The minimum absolute atomic E-state index is 0.469. The average Bonchev–Trinajstić information content (AvgIpc) is 2.57. The Kier molecular flexibility index (Phi) is 8.64. The van der Waals surface area contributed by atoms with Gasteiger partial charge in [0, 0.05) is 18.8 Å². The molecule has 0 fully saturated rings. The van der Waals surface area contributed by atoms with Gasteiger partial charge in [-0.3, -0.25) is 15.7 Å². The summed E-state index contributed by atoms with van der Waals surface area (Å²) in [6, 6.07) is 5.47. The minimum atomic E-state index is 0.469. The molecule has 2 N–H and O–H groups in total. The second-order valence-corrected chi connectivity index (χ2v) is 4.56. The second kappa shape index (κ2) is 10.6. The van der Waals surface area contributed by atoms with Gasteiger partial charge in [0.05, 0.1) is 11.4 Å². The van der Waals surface area contributed by atoms with Gasteiger partial charge in [-0.25, -0.2) is 0 Å². The Bertz CT molecular complexity index is 494. The summed E-state index contributed by atoms with van der Waals surface area (Å²) in [6.45, 7) is 11.3. The first-order chi connectivity index (χ1) is 10.7. The molecule has 5 heteroatoms. The highest BCUT2D eigenvalue weighted by Crippen LogP contribution is 2.12. The van der Waals surface area contributed by atoms with E-state index in [2.05, 4.69) is 35.8 Å². The maximum atomic E-state index is 9.31. The van der Waals surface area contributed by atoms with Gasteiger partial charge in [0.2, 0.25) is 0 Å². The number of rotatable bonds is 10. The Balaban J connectivity index is 2.76. The van der Waals surface area contributed by atoms with Crippen molar-refractivity contribution in [2.45, 2.75) is 13.8 Å². The van der Waals surface area contributed by atoms with Crippen LogP contribution in [0.25, 0.3) is 5.70 Å². The summed E-state index contributed by atoms with van der Waals surface area (Å²) in [7, 11) is 0. The van der Waals surface area contributed by atoms with E-state index in [1.54, 1.807) is 30.5 Å². The molecule has 1 aromatic rings. The molecule has 0 spiro atoms. The third-order valence-electron chi connectivity index (χ3n) is 3.20. The first-order valence-electron chi connectivity index (χ1n) is 7.46. The minimum Gasteiger partial charge on any atom is -0.492 e. The van der Waals surface area contributed by atoms with Crippen LogP contribution in [-0.4, -0.2) is 41.3 Å². The first-order valence-corrected chi connectivity index (χ1v) is 7.46. The van der Waals surface area contributed by atoms with Gasteiger partial charge in [-0.2, -0.15) is 0 Å². The van der Waals surface area contributed by atoms with Gasteiger partial charge >= 0.3 is 0 Å². The topological polar surface area (TPSA) is 57.6 Å². The molecule has 1 aromatic heterocycles. The van der Waals surface area contributed by atoms with Crippen molar-refractivity contribution < 1.29 is 9.94 Å². The number of hydrogen-bond acceptors (Lipinski definition) is 5. The van der Waals surface area contributed by atoms with Crippen molar-refractivity contribution in [2.24, 2.45) is 0 Å². The number of hydrogen-bond donors (Lipinski definition) is 2. The molecule has 0 aliphatic heterocycles. The lowest BCUT2D eigenvalue weighted by Crippen LogP contribution is -2.26. The number of hydroxylamine groups is 1. The molecule has 0 aliphatic carbocycles. The van der Waals surface area contributed by atoms with Crippen molar-refractivity contribution in [3.05, 3.63) is 60.7 Å². The van der Waals surface area contributed by atoms with Gasteiger partial charge in [-0.05, 0) is 31.3 Å². The van der Waals surface area contributed by atoms with Crippen LogP contribution in [0.1, 0.15) is 19.5 Å². The maximum Gasteiger partial charge on any atom is 0.121 e. The molecule has 0 aromatic carbocycles. The molecule has 5 nitrogen and oxygen atoms in total. The fraction of sp³-hybridized carbons (Fsp3) is 0.353. The van der Waals surface area contributed by atoms with Gasteiger partial charge in [-0.1, -0.05) is 32.6 Å². The van der Waals surface area contributed by atoms with Crippen LogP contribution in [0.2, 0.25) is 0 Å². The maximum absolute atomic E-state index is 9.31. The Labute approximate surface area is 132 Å². The fourth-order valence-corrected chi connectivity index (χ4v) is 1.91. The SMILES string of the molecule is C=CC=C(C=C(NO)c1ccccn1)OCCN(CC)CC. The summed E-state index contributed by atoms with van der Waals surface area (Å²) in [5.74, 6) is 0.615. The molecule has 1 rings (SSSR count). The van der Waals surface area contributed by atoms with Crippen molar-refractivity contribution in [2.75, 3.05) is 26.2 Å². The zero-order valence-corrected chi connectivity index (χ0v) is 13.3. The van der Waals surface area contributed by atoms with Crippen LogP contribution in [0.3, 0.4) is 0 Å². The lowest BCUT2D eigenvalue weighted by atomic mass is 10.2. The summed E-state index contributed by atoms with van der Waals surface area (Å²) >= 11 is 0. The molecule has 0 unspecified atom stereocenters. The standard InChI is InChI=1S/C17H25N3O2/c1-4-9-15(22-13-12-20(5-2)6-3)14-17(19-21)16-10-7-8-11-18-16/h4,7-11,14,19,21H,1,5-6,12-13H2,2-3H3. The van der Waals surface area contributed by atoms with Crippen LogP contribution in [0.15, 0.2) is 55.0 Å². The van der Waals surface area contributed by atoms with E-state index < -0.39 is 0 Å². The van der Waals surface area contributed by atoms with E-state index in [4.69, 9.17) is 4.74 Å². The van der Waals surface area contributed by atoms with Crippen molar-refractivity contribution in [3.63, 3.8) is 0 Å².